The van der Waals surface area contributed by atoms with Crippen molar-refractivity contribution < 1.29 is 27.9 Å². The Morgan fingerprint density at radius 2 is 2.04 bits per heavy atom. The third-order valence-electron chi connectivity index (χ3n) is 3.79. The number of carbonyl (C=O) groups is 2. The number of benzene rings is 1. The summed E-state index contributed by atoms with van der Waals surface area (Å²) in [6.45, 7) is 1.57. The van der Waals surface area contributed by atoms with E-state index in [0.29, 0.717) is 0 Å². The van der Waals surface area contributed by atoms with Crippen molar-refractivity contribution in [2.45, 2.75) is 13.0 Å². The molecular weight excluding hydrogens is 416 g/mol. The first kappa shape index (κ1) is 19.7. The van der Waals surface area contributed by atoms with Crippen LogP contribution in [0.15, 0.2) is 29.0 Å². The van der Waals surface area contributed by atoms with Crippen LogP contribution >= 0.6 is 23.2 Å². The molecule has 0 spiro atoms. The van der Waals surface area contributed by atoms with Gasteiger partial charge in [-0.2, -0.15) is 0 Å². The molecule has 28 heavy (non-hydrogen) atoms. The quantitative estimate of drug-likeness (QED) is 0.361. The molecule has 0 aliphatic heterocycles. The van der Waals surface area contributed by atoms with Crippen molar-refractivity contribution in [3.05, 3.63) is 51.6 Å². The minimum Gasteiger partial charge on any atom is -0.478 e. The fourth-order valence-electron chi connectivity index (χ4n) is 2.55. The molecule has 3 aromatic rings. The highest BCUT2D eigenvalue weighted by Gasteiger charge is 2.25. The zero-order valence-electron chi connectivity index (χ0n) is 14.2. The van der Waals surface area contributed by atoms with E-state index in [-0.39, 0.29) is 43.7 Å². The van der Waals surface area contributed by atoms with E-state index < -0.39 is 24.0 Å². The smallest absolute Gasteiger partial charge is 0.412 e. The predicted octanol–water partition coefficient (Wildman–Crippen LogP) is 4.23. The Bertz CT molecular complexity index is 1100. The van der Waals surface area contributed by atoms with Crippen molar-refractivity contribution in [2.24, 2.45) is 5.73 Å². The van der Waals surface area contributed by atoms with Crippen molar-refractivity contribution in [3.8, 4) is 5.75 Å². The van der Waals surface area contributed by atoms with Crippen LogP contribution in [-0.4, -0.2) is 17.0 Å². The lowest BCUT2D eigenvalue weighted by molar-refractivity contribution is 0.0639. The summed E-state index contributed by atoms with van der Waals surface area (Å²) < 4.78 is 29.2. The maximum Gasteiger partial charge on any atom is 0.412 e. The second-order valence-corrected chi connectivity index (χ2v) is 6.38. The van der Waals surface area contributed by atoms with E-state index in [9.17, 15) is 14.0 Å². The van der Waals surface area contributed by atoms with Gasteiger partial charge in [-0.15, -0.1) is 0 Å². The van der Waals surface area contributed by atoms with Crippen molar-refractivity contribution in [1.29, 1.82) is 0 Å². The number of hydrogen-bond donors (Lipinski definition) is 2. The lowest BCUT2D eigenvalue weighted by Crippen LogP contribution is -2.18. The number of anilines is 1. The van der Waals surface area contributed by atoms with Gasteiger partial charge in [-0.1, -0.05) is 23.2 Å². The highest BCUT2D eigenvalue weighted by Crippen LogP contribution is 2.39. The highest BCUT2D eigenvalue weighted by molar-refractivity contribution is 6.36. The van der Waals surface area contributed by atoms with Gasteiger partial charge in [0.15, 0.2) is 11.4 Å². The van der Waals surface area contributed by atoms with E-state index >= 15 is 0 Å². The summed E-state index contributed by atoms with van der Waals surface area (Å²) in [6.07, 6.45) is 0.155. The molecule has 0 fully saturated rings. The number of nitrogen functional groups attached to an aromatic ring is 1. The van der Waals surface area contributed by atoms with Gasteiger partial charge in [-0.05, 0) is 19.1 Å². The minimum absolute atomic E-state index is 0.0282. The molecule has 1 unspecified atom stereocenters. The molecule has 8 nitrogen and oxygen atoms in total. The highest BCUT2D eigenvalue weighted by atomic mass is 35.5. The maximum atomic E-state index is 13.8. The summed E-state index contributed by atoms with van der Waals surface area (Å²) in [6, 6.07) is 2.46. The number of amides is 1. The molecule has 0 saturated heterocycles. The van der Waals surface area contributed by atoms with Gasteiger partial charge in [0.25, 0.3) is 0 Å². The average molecular weight is 428 g/mol. The van der Waals surface area contributed by atoms with E-state index in [1.807, 2.05) is 0 Å². The maximum absolute atomic E-state index is 13.8. The van der Waals surface area contributed by atoms with Crippen LogP contribution in [0.25, 0.3) is 11.0 Å². The summed E-state index contributed by atoms with van der Waals surface area (Å²) in [7, 11) is 0. The zero-order chi connectivity index (χ0) is 20.6. The van der Waals surface area contributed by atoms with Gasteiger partial charge in [-0.25, -0.2) is 19.0 Å². The fraction of sp³-hybridized carbons (Fsp3) is 0.118. The monoisotopic (exact) mass is 427 g/mol. The summed E-state index contributed by atoms with van der Waals surface area (Å²) in [5.41, 5.74) is 10.8. The second-order valence-electron chi connectivity index (χ2n) is 5.59. The van der Waals surface area contributed by atoms with Crippen molar-refractivity contribution in [2.75, 3.05) is 5.73 Å². The van der Waals surface area contributed by atoms with E-state index in [4.69, 9.17) is 43.8 Å². The van der Waals surface area contributed by atoms with Crippen molar-refractivity contribution >= 4 is 52.1 Å². The van der Waals surface area contributed by atoms with Gasteiger partial charge < -0.3 is 25.4 Å². The van der Waals surface area contributed by atoms with Crippen LogP contribution in [-0.2, 0) is 4.74 Å². The molecule has 3 rings (SSSR count). The number of nitrogens with zero attached hydrogens (tertiary/aromatic N) is 1. The largest absolute Gasteiger partial charge is 0.478 e. The average Bonchev–Trinajstić information content (AvgIpc) is 3.05. The fourth-order valence-corrected chi connectivity index (χ4v) is 3.23. The zero-order valence-corrected chi connectivity index (χ0v) is 15.7. The number of pyridine rings is 1. The Morgan fingerprint density at radius 1 is 1.32 bits per heavy atom. The van der Waals surface area contributed by atoms with E-state index in [1.165, 1.54) is 12.3 Å². The van der Waals surface area contributed by atoms with Crippen molar-refractivity contribution in [1.82, 2.24) is 4.98 Å². The lowest BCUT2D eigenvalue weighted by atomic mass is 10.1. The van der Waals surface area contributed by atoms with Gasteiger partial charge in [0.2, 0.25) is 5.75 Å². The molecule has 11 heteroatoms. The molecule has 0 saturated carbocycles. The molecule has 0 radical (unpaired) electrons. The minimum atomic E-state index is -1.27. The number of halogens is 3. The topological polar surface area (TPSA) is 131 Å². The standard InChI is InChI=1S/C17H12Cl2FN3O5/c1-6(11-9(18)2-3-10(20)12(11)19)27-14-13-7(4-23-15(14)21)8(5-26-13)16(24)28-17(22)25/h2-6H,1H3,(H2,21,23)(H2,22,25). The van der Waals surface area contributed by atoms with Gasteiger partial charge >= 0.3 is 12.1 Å². The van der Waals surface area contributed by atoms with Gasteiger partial charge in [0.05, 0.1) is 10.4 Å². The van der Waals surface area contributed by atoms with Crippen LogP contribution < -0.4 is 16.2 Å². The molecule has 0 aliphatic carbocycles. The van der Waals surface area contributed by atoms with Gasteiger partial charge in [-0.3, -0.25) is 0 Å². The summed E-state index contributed by atoms with van der Waals surface area (Å²) >= 11 is 12.1. The summed E-state index contributed by atoms with van der Waals surface area (Å²) in [5, 5.41) is 0.144. The van der Waals surface area contributed by atoms with Crippen LogP contribution in [0.2, 0.25) is 10.0 Å². The van der Waals surface area contributed by atoms with E-state index in [2.05, 4.69) is 9.72 Å². The SMILES string of the molecule is CC(Oc1c(N)ncc2c(C(=O)OC(N)=O)coc12)c1c(Cl)ccc(F)c1Cl. The number of primary amides is 1. The van der Waals surface area contributed by atoms with Gasteiger partial charge in [0, 0.05) is 16.8 Å². The van der Waals surface area contributed by atoms with E-state index in [0.717, 1.165) is 12.3 Å². The van der Waals surface area contributed by atoms with Gasteiger partial charge in [0.1, 0.15) is 23.7 Å². The number of furan rings is 1. The Hall–Kier alpha value is -3.04. The molecule has 146 valence electrons. The Labute approximate surface area is 167 Å². The molecule has 2 heterocycles. The van der Waals surface area contributed by atoms with Crippen LogP contribution in [0.1, 0.15) is 28.9 Å². The molecule has 1 aromatic carbocycles. The molecule has 1 amide bonds. The Balaban J connectivity index is 2.03. The number of aromatic nitrogens is 1. The van der Waals surface area contributed by atoms with Crippen LogP contribution in [0.3, 0.4) is 0 Å². The lowest BCUT2D eigenvalue weighted by Gasteiger charge is -2.18. The normalized spacial score (nSPS) is 12.0. The molecule has 1 atom stereocenters. The Morgan fingerprint density at radius 3 is 2.71 bits per heavy atom. The summed E-state index contributed by atoms with van der Waals surface area (Å²) in [5.74, 6) is -1.80. The van der Waals surface area contributed by atoms with Crippen LogP contribution in [0.4, 0.5) is 15.0 Å². The van der Waals surface area contributed by atoms with Crippen LogP contribution in [0, 0.1) is 5.82 Å². The first-order valence-corrected chi connectivity index (χ1v) is 8.43. The van der Waals surface area contributed by atoms with Crippen LogP contribution in [0.5, 0.6) is 5.75 Å². The molecule has 4 N–H and O–H groups in total. The number of carbonyl (C=O) groups excluding carboxylic acids is 2. The molecule has 0 bridgehead atoms. The number of rotatable bonds is 4. The molecular formula is C17H12Cl2FN3O5. The number of nitrogens with two attached hydrogens (primary N) is 2. The number of hydrogen-bond acceptors (Lipinski definition) is 7. The first-order valence-electron chi connectivity index (χ1n) is 7.68. The van der Waals surface area contributed by atoms with Crippen molar-refractivity contribution in [3.63, 3.8) is 0 Å². The number of esters is 1. The molecule has 2 aromatic heterocycles. The molecule has 0 aliphatic rings. The number of ether oxygens (including phenoxy) is 2. The Kier molecular flexibility index (Phi) is 5.30. The van der Waals surface area contributed by atoms with E-state index in [1.54, 1.807) is 6.92 Å². The predicted molar refractivity (Wildman–Crippen MR) is 98.9 cm³/mol. The summed E-state index contributed by atoms with van der Waals surface area (Å²) in [4.78, 5) is 26.7. The first-order chi connectivity index (χ1) is 13.2. The second kappa shape index (κ2) is 7.53. The third-order valence-corrected chi connectivity index (χ3v) is 4.51. The number of fused-ring (bicyclic) bond motifs is 1. The third kappa shape index (κ3) is 3.54.